The first kappa shape index (κ1) is 16.2. The molecule has 0 spiro atoms. The molecular formula is C14H25N3OS. The molecule has 1 rings (SSSR count). The number of hydrogen-bond donors (Lipinski definition) is 2. The Hall–Kier alpha value is -0.810. The van der Waals surface area contributed by atoms with Gasteiger partial charge in [-0.3, -0.25) is 4.79 Å². The molecule has 0 saturated carbocycles. The van der Waals surface area contributed by atoms with Crippen molar-refractivity contribution in [3.63, 3.8) is 0 Å². The summed E-state index contributed by atoms with van der Waals surface area (Å²) in [5.74, 6) is 1.67. The first-order valence-electron chi connectivity index (χ1n) is 7.05. The second kappa shape index (κ2) is 9.15. The van der Waals surface area contributed by atoms with Crippen molar-refractivity contribution in [1.82, 2.24) is 15.3 Å². The van der Waals surface area contributed by atoms with Gasteiger partial charge in [-0.25, -0.2) is 4.98 Å². The molecule has 4 nitrogen and oxygen atoms in total. The lowest BCUT2D eigenvalue weighted by Crippen LogP contribution is -2.21. The fourth-order valence-corrected chi connectivity index (χ4v) is 2.53. The van der Waals surface area contributed by atoms with Crippen LogP contribution in [0.2, 0.25) is 0 Å². The summed E-state index contributed by atoms with van der Waals surface area (Å²) >= 11 is 1.63. The highest BCUT2D eigenvalue weighted by atomic mass is 32.2. The van der Waals surface area contributed by atoms with Crippen molar-refractivity contribution in [1.29, 1.82) is 0 Å². The minimum atomic E-state index is -0.0427. The van der Waals surface area contributed by atoms with E-state index in [-0.39, 0.29) is 5.56 Å². The highest BCUT2D eigenvalue weighted by molar-refractivity contribution is 7.99. The number of nitrogens with zero attached hydrogens (tertiary/aromatic N) is 1. The number of aryl methyl sites for hydroxylation is 1. The van der Waals surface area contributed by atoms with Gasteiger partial charge in [-0.05, 0) is 31.8 Å². The Morgan fingerprint density at radius 3 is 2.95 bits per heavy atom. The quantitative estimate of drug-likeness (QED) is 0.415. The van der Waals surface area contributed by atoms with Crippen molar-refractivity contribution in [3.05, 3.63) is 22.1 Å². The second-order valence-electron chi connectivity index (χ2n) is 5.09. The molecule has 0 radical (unpaired) electrons. The molecule has 0 aliphatic rings. The van der Waals surface area contributed by atoms with Crippen LogP contribution in [-0.2, 0) is 6.42 Å². The smallest absolute Gasteiger partial charge is 0.251 e. The zero-order valence-corrected chi connectivity index (χ0v) is 13.0. The summed E-state index contributed by atoms with van der Waals surface area (Å²) in [6.07, 6.45) is 2.96. The van der Waals surface area contributed by atoms with E-state index in [9.17, 15) is 4.79 Å². The third-order valence-electron chi connectivity index (χ3n) is 2.57. The molecule has 0 amide bonds. The number of aromatic amines is 1. The zero-order valence-electron chi connectivity index (χ0n) is 12.2. The van der Waals surface area contributed by atoms with E-state index in [0.717, 1.165) is 49.0 Å². The SMILES string of the molecule is CCCc1cc(=O)[nH]c(SCCCNCC(C)C)n1. The molecular weight excluding hydrogens is 258 g/mol. The summed E-state index contributed by atoms with van der Waals surface area (Å²) in [5, 5.41) is 4.16. The lowest BCUT2D eigenvalue weighted by Gasteiger charge is -2.07. The third kappa shape index (κ3) is 7.38. The van der Waals surface area contributed by atoms with Crippen LogP contribution in [0.25, 0.3) is 0 Å². The number of H-pyrrole nitrogens is 1. The maximum absolute atomic E-state index is 11.5. The standard InChI is InChI=1S/C14H25N3OS/c1-4-6-12-9-13(18)17-14(16-12)19-8-5-7-15-10-11(2)3/h9,11,15H,4-8,10H2,1-3H3,(H,16,17,18). The van der Waals surface area contributed by atoms with Gasteiger partial charge in [0.1, 0.15) is 0 Å². The van der Waals surface area contributed by atoms with E-state index >= 15 is 0 Å². The van der Waals surface area contributed by atoms with E-state index in [1.807, 2.05) is 0 Å². The first-order chi connectivity index (χ1) is 9.11. The van der Waals surface area contributed by atoms with Gasteiger partial charge in [0.05, 0.1) is 0 Å². The van der Waals surface area contributed by atoms with Gasteiger partial charge in [0.2, 0.25) is 0 Å². The number of nitrogens with one attached hydrogen (secondary N) is 2. The van der Waals surface area contributed by atoms with Gasteiger partial charge in [0, 0.05) is 17.5 Å². The third-order valence-corrected chi connectivity index (χ3v) is 3.53. The van der Waals surface area contributed by atoms with E-state index in [1.54, 1.807) is 17.8 Å². The summed E-state index contributed by atoms with van der Waals surface area (Å²) < 4.78 is 0. The molecule has 0 aliphatic heterocycles. The highest BCUT2D eigenvalue weighted by Gasteiger charge is 2.01. The average Bonchev–Trinajstić information content (AvgIpc) is 2.33. The average molecular weight is 283 g/mol. The normalized spacial score (nSPS) is 11.2. The molecule has 108 valence electrons. The number of hydrogen-bond acceptors (Lipinski definition) is 4. The molecule has 5 heteroatoms. The fraction of sp³-hybridized carbons (Fsp3) is 0.714. The van der Waals surface area contributed by atoms with Crippen LogP contribution in [0, 0.1) is 5.92 Å². The van der Waals surface area contributed by atoms with E-state index in [2.05, 4.69) is 36.1 Å². The topological polar surface area (TPSA) is 57.8 Å². The van der Waals surface area contributed by atoms with Crippen molar-refractivity contribution in [2.75, 3.05) is 18.8 Å². The molecule has 0 saturated heterocycles. The summed E-state index contributed by atoms with van der Waals surface area (Å²) in [4.78, 5) is 18.7. The predicted octanol–water partition coefficient (Wildman–Crippen LogP) is 2.45. The monoisotopic (exact) mass is 283 g/mol. The summed E-state index contributed by atoms with van der Waals surface area (Å²) in [7, 11) is 0. The molecule has 0 atom stereocenters. The Balaban J connectivity index is 2.30. The van der Waals surface area contributed by atoms with Crippen molar-refractivity contribution in [2.45, 2.75) is 45.2 Å². The van der Waals surface area contributed by atoms with Gasteiger partial charge < -0.3 is 10.3 Å². The van der Waals surface area contributed by atoms with Crippen molar-refractivity contribution >= 4 is 11.8 Å². The molecule has 0 fully saturated rings. The molecule has 1 aromatic rings. The van der Waals surface area contributed by atoms with E-state index in [1.165, 1.54) is 0 Å². The van der Waals surface area contributed by atoms with Crippen molar-refractivity contribution in [2.24, 2.45) is 5.92 Å². The number of aromatic nitrogens is 2. The Bertz CT molecular complexity index is 417. The molecule has 0 unspecified atom stereocenters. The molecule has 2 N–H and O–H groups in total. The van der Waals surface area contributed by atoms with Gasteiger partial charge in [0.15, 0.2) is 5.16 Å². The Morgan fingerprint density at radius 2 is 2.26 bits per heavy atom. The number of rotatable bonds is 9. The van der Waals surface area contributed by atoms with Crippen LogP contribution in [0.1, 0.15) is 39.3 Å². The lowest BCUT2D eigenvalue weighted by atomic mass is 10.2. The van der Waals surface area contributed by atoms with Crippen LogP contribution in [0.15, 0.2) is 16.0 Å². The molecule has 0 aliphatic carbocycles. The largest absolute Gasteiger partial charge is 0.316 e. The molecule has 1 aromatic heterocycles. The van der Waals surface area contributed by atoms with Crippen molar-refractivity contribution in [3.8, 4) is 0 Å². The van der Waals surface area contributed by atoms with Gasteiger partial charge >= 0.3 is 0 Å². The summed E-state index contributed by atoms with van der Waals surface area (Å²) in [6.45, 7) is 8.58. The summed E-state index contributed by atoms with van der Waals surface area (Å²) in [6, 6.07) is 1.59. The van der Waals surface area contributed by atoms with Crippen LogP contribution < -0.4 is 10.9 Å². The first-order valence-corrected chi connectivity index (χ1v) is 8.04. The van der Waals surface area contributed by atoms with Crippen LogP contribution in [0.5, 0.6) is 0 Å². The maximum Gasteiger partial charge on any atom is 0.251 e. The molecule has 0 aromatic carbocycles. The van der Waals surface area contributed by atoms with Gasteiger partial charge in [-0.15, -0.1) is 0 Å². The fourth-order valence-electron chi connectivity index (χ4n) is 1.69. The van der Waals surface area contributed by atoms with Crippen LogP contribution in [0.3, 0.4) is 0 Å². The van der Waals surface area contributed by atoms with Gasteiger partial charge in [0.25, 0.3) is 5.56 Å². The number of thioether (sulfide) groups is 1. The van der Waals surface area contributed by atoms with Crippen LogP contribution in [-0.4, -0.2) is 28.8 Å². The predicted molar refractivity (Wildman–Crippen MR) is 81.9 cm³/mol. The second-order valence-corrected chi connectivity index (χ2v) is 6.18. The minimum Gasteiger partial charge on any atom is -0.316 e. The van der Waals surface area contributed by atoms with Crippen LogP contribution >= 0.6 is 11.8 Å². The van der Waals surface area contributed by atoms with E-state index < -0.39 is 0 Å². The summed E-state index contributed by atoms with van der Waals surface area (Å²) in [5.41, 5.74) is 0.852. The Labute approximate surface area is 119 Å². The van der Waals surface area contributed by atoms with Gasteiger partial charge in [-0.2, -0.15) is 0 Å². The van der Waals surface area contributed by atoms with E-state index in [4.69, 9.17) is 0 Å². The van der Waals surface area contributed by atoms with Crippen molar-refractivity contribution < 1.29 is 0 Å². The minimum absolute atomic E-state index is 0.0427. The Morgan fingerprint density at radius 1 is 1.47 bits per heavy atom. The molecule has 19 heavy (non-hydrogen) atoms. The van der Waals surface area contributed by atoms with Gasteiger partial charge in [-0.1, -0.05) is 39.0 Å². The molecule has 1 heterocycles. The van der Waals surface area contributed by atoms with Crippen LogP contribution in [0.4, 0.5) is 0 Å². The highest BCUT2D eigenvalue weighted by Crippen LogP contribution is 2.12. The molecule has 0 bridgehead atoms. The maximum atomic E-state index is 11.5. The lowest BCUT2D eigenvalue weighted by molar-refractivity contribution is 0.551. The zero-order chi connectivity index (χ0) is 14.1. The Kier molecular flexibility index (Phi) is 7.82. The van der Waals surface area contributed by atoms with E-state index in [0.29, 0.717) is 5.92 Å².